The second-order valence-corrected chi connectivity index (χ2v) is 7.83. The number of fused-ring (bicyclic) bond motifs is 1. The van der Waals surface area contributed by atoms with Crippen molar-refractivity contribution in [1.82, 2.24) is 14.9 Å². The number of non-ortho nitro benzene ring substituents is 1. The first kappa shape index (κ1) is 20.6. The van der Waals surface area contributed by atoms with E-state index in [1.807, 2.05) is 13.8 Å². The quantitative estimate of drug-likeness (QED) is 0.449. The van der Waals surface area contributed by atoms with Crippen LogP contribution in [0.5, 0.6) is 0 Å². The summed E-state index contributed by atoms with van der Waals surface area (Å²) in [6.45, 7) is 3.96. The largest absolute Gasteiger partial charge is 0.387 e. The Morgan fingerprint density at radius 2 is 2.03 bits per heavy atom. The number of aliphatic hydroxyl groups is 1. The van der Waals surface area contributed by atoms with E-state index in [-0.39, 0.29) is 36.7 Å². The second kappa shape index (κ2) is 8.50. The molecule has 2 aromatic heterocycles. The molecule has 1 unspecified atom stereocenters. The first-order chi connectivity index (χ1) is 13.8. The Hall–Kier alpha value is -3.11. The van der Waals surface area contributed by atoms with Crippen LogP contribution >= 0.6 is 11.3 Å². The van der Waals surface area contributed by atoms with Gasteiger partial charge in [-0.05, 0) is 37.1 Å². The minimum atomic E-state index is -0.989. The third-order valence-electron chi connectivity index (χ3n) is 4.72. The minimum absolute atomic E-state index is 0.0361. The van der Waals surface area contributed by atoms with Gasteiger partial charge in [-0.2, -0.15) is 0 Å². The zero-order valence-corrected chi connectivity index (χ0v) is 16.7. The fourth-order valence-electron chi connectivity index (χ4n) is 2.89. The summed E-state index contributed by atoms with van der Waals surface area (Å²) in [5.74, 6) is -0.323. The van der Waals surface area contributed by atoms with E-state index in [0.29, 0.717) is 15.8 Å². The molecule has 2 heterocycles. The number of aliphatic hydroxyl groups excluding tert-OH is 1. The van der Waals surface area contributed by atoms with Crippen molar-refractivity contribution in [3.05, 3.63) is 67.1 Å². The molecule has 0 saturated carbocycles. The average Bonchev–Trinajstić information content (AvgIpc) is 3.00. The van der Waals surface area contributed by atoms with Gasteiger partial charge in [0.25, 0.3) is 11.2 Å². The number of nitro groups is 1. The van der Waals surface area contributed by atoms with Crippen molar-refractivity contribution in [2.75, 3.05) is 6.54 Å². The predicted octanol–water partition coefficient (Wildman–Crippen LogP) is 2.22. The summed E-state index contributed by atoms with van der Waals surface area (Å²) >= 11 is 1.47. The summed E-state index contributed by atoms with van der Waals surface area (Å²) in [5.41, 5.74) is 1.13. The van der Waals surface area contributed by atoms with E-state index < -0.39 is 11.0 Å². The molecule has 1 amide bonds. The van der Waals surface area contributed by atoms with Gasteiger partial charge >= 0.3 is 0 Å². The maximum atomic E-state index is 12.6. The number of hydrogen-bond donors (Lipinski definition) is 2. The number of carbonyl (C=O) groups excluding carboxylic acids is 1. The van der Waals surface area contributed by atoms with Crippen LogP contribution in [0.15, 0.2) is 35.4 Å². The SMILES string of the molecule is Cc1sc2ncn(CCC(=O)NCC(O)c3ccc([N+](=O)[O-])cc3)c(=O)c2c1C. The number of rotatable bonds is 7. The minimum Gasteiger partial charge on any atom is -0.387 e. The van der Waals surface area contributed by atoms with Gasteiger partial charge in [-0.3, -0.25) is 24.3 Å². The van der Waals surface area contributed by atoms with E-state index >= 15 is 0 Å². The van der Waals surface area contributed by atoms with Gasteiger partial charge in [0.15, 0.2) is 0 Å². The Balaban J connectivity index is 1.57. The molecule has 0 saturated heterocycles. The van der Waals surface area contributed by atoms with Gasteiger partial charge in [0.2, 0.25) is 5.91 Å². The maximum Gasteiger partial charge on any atom is 0.269 e. The highest BCUT2D eigenvalue weighted by Gasteiger charge is 2.14. The Kier molecular flexibility index (Phi) is 6.04. The van der Waals surface area contributed by atoms with Crippen LogP contribution in [-0.2, 0) is 11.3 Å². The zero-order chi connectivity index (χ0) is 21.1. The Morgan fingerprint density at radius 1 is 1.34 bits per heavy atom. The first-order valence-electron chi connectivity index (χ1n) is 8.92. The van der Waals surface area contributed by atoms with Gasteiger partial charge in [0, 0.05) is 36.5 Å². The van der Waals surface area contributed by atoms with Crippen LogP contribution in [0.2, 0.25) is 0 Å². The van der Waals surface area contributed by atoms with Crippen LogP contribution < -0.4 is 10.9 Å². The van der Waals surface area contributed by atoms with Gasteiger partial charge in [-0.1, -0.05) is 0 Å². The van der Waals surface area contributed by atoms with Gasteiger partial charge in [-0.25, -0.2) is 4.98 Å². The lowest BCUT2D eigenvalue weighted by Crippen LogP contribution is -2.30. The molecule has 0 aliphatic carbocycles. The fraction of sp³-hybridized carbons (Fsp3) is 0.316. The molecular weight excluding hydrogens is 396 g/mol. The highest BCUT2D eigenvalue weighted by Crippen LogP contribution is 2.25. The average molecular weight is 416 g/mol. The van der Waals surface area contributed by atoms with Crippen LogP contribution in [0.3, 0.4) is 0 Å². The fourth-order valence-corrected chi connectivity index (χ4v) is 3.87. The van der Waals surface area contributed by atoms with Crippen molar-refractivity contribution in [2.45, 2.75) is 32.9 Å². The van der Waals surface area contributed by atoms with Crippen molar-refractivity contribution in [2.24, 2.45) is 0 Å². The number of amides is 1. The maximum absolute atomic E-state index is 12.6. The number of hydrogen-bond acceptors (Lipinski definition) is 7. The Morgan fingerprint density at radius 3 is 2.69 bits per heavy atom. The molecule has 0 bridgehead atoms. The van der Waals surface area contributed by atoms with Crippen LogP contribution in [0.4, 0.5) is 5.69 Å². The van der Waals surface area contributed by atoms with Crippen molar-refractivity contribution < 1.29 is 14.8 Å². The molecule has 0 spiro atoms. The molecule has 3 aromatic rings. The summed E-state index contributed by atoms with van der Waals surface area (Å²) in [6.07, 6.45) is 0.512. The number of nitrogens with one attached hydrogen (secondary N) is 1. The standard InChI is InChI=1S/C19H20N4O5S/c1-11-12(2)29-18-17(11)19(26)22(10-21-18)8-7-16(25)20-9-15(24)13-3-5-14(6-4-13)23(27)28/h3-6,10,15,24H,7-9H2,1-2H3,(H,20,25). The first-order valence-corrected chi connectivity index (χ1v) is 9.74. The molecule has 0 aliphatic heterocycles. The normalized spacial score (nSPS) is 12.1. The summed E-state index contributed by atoms with van der Waals surface area (Å²) in [5, 5.41) is 24.0. The van der Waals surface area contributed by atoms with Crippen LogP contribution in [0, 0.1) is 24.0 Å². The summed E-state index contributed by atoms with van der Waals surface area (Å²) in [4.78, 5) is 40.9. The van der Waals surface area contributed by atoms with E-state index in [0.717, 1.165) is 10.4 Å². The van der Waals surface area contributed by atoms with Crippen LogP contribution in [-0.4, -0.2) is 32.0 Å². The van der Waals surface area contributed by atoms with E-state index in [4.69, 9.17) is 0 Å². The predicted molar refractivity (Wildman–Crippen MR) is 109 cm³/mol. The monoisotopic (exact) mass is 416 g/mol. The summed E-state index contributed by atoms with van der Waals surface area (Å²) < 4.78 is 1.41. The molecular formula is C19H20N4O5S. The third-order valence-corrected chi connectivity index (χ3v) is 5.83. The molecule has 0 radical (unpaired) electrons. The smallest absolute Gasteiger partial charge is 0.269 e. The van der Waals surface area contributed by atoms with Crippen molar-refractivity contribution in [1.29, 1.82) is 0 Å². The van der Waals surface area contributed by atoms with Crippen LogP contribution in [0.1, 0.15) is 28.5 Å². The van der Waals surface area contributed by atoms with Gasteiger partial charge < -0.3 is 10.4 Å². The molecule has 1 aromatic carbocycles. The van der Waals surface area contributed by atoms with Gasteiger partial charge in [0.05, 0.1) is 22.7 Å². The molecule has 0 fully saturated rings. The number of thiophene rings is 1. The molecule has 9 nitrogen and oxygen atoms in total. The number of benzene rings is 1. The van der Waals surface area contributed by atoms with Gasteiger partial charge in [-0.15, -0.1) is 11.3 Å². The highest BCUT2D eigenvalue weighted by atomic mass is 32.1. The van der Waals surface area contributed by atoms with Crippen molar-refractivity contribution >= 4 is 33.1 Å². The van der Waals surface area contributed by atoms with E-state index in [1.54, 1.807) is 0 Å². The van der Waals surface area contributed by atoms with E-state index in [2.05, 4.69) is 10.3 Å². The third kappa shape index (κ3) is 4.49. The number of aromatic nitrogens is 2. The van der Waals surface area contributed by atoms with E-state index in [1.165, 1.54) is 46.5 Å². The number of aryl methyl sites for hydroxylation is 3. The Labute approximate surface area is 169 Å². The molecule has 2 N–H and O–H groups in total. The van der Waals surface area contributed by atoms with Crippen LogP contribution in [0.25, 0.3) is 10.2 Å². The lowest BCUT2D eigenvalue weighted by atomic mass is 10.1. The van der Waals surface area contributed by atoms with Crippen molar-refractivity contribution in [3.63, 3.8) is 0 Å². The highest BCUT2D eigenvalue weighted by molar-refractivity contribution is 7.18. The zero-order valence-electron chi connectivity index (χ0n) is 15.9. The topological polar surface area (TPSA) is 127 Å². The molecule has 152 valence electrons. The number of carbonyl (C=O) groups is 1. The summed E-state index contributed by atoms with van der Waals surface area (Å²) in [6, 6.07) is 5.48. The number of nitrogens with zero attached hydrogens (tertiary/aromatic N) is 3. The lowest BCUT2D eigenvalue weighted by Gasteiger charge is -2.12. The second-order valence-electron chi connectivity index (χ2n) is 6.63. The van der Waals surface area contributed by atoms with Crippen molar-refractivity contribution in [3.8, 4) is 0 Å². The van der Waals surface area contributed by atoms with E-state index in [9.17, 15) is 24.8 Å². The lowest BCUT2D eigenvalue weighted by molar-refractivity contribution is -0.384. The molecule has 10 heteroatoms. The Bertz CT molecular complexity index is 1120. The molecule has 3 rings (SSSR count). The molecule has 0 aliphatic rings. The molecule has 29 heavy (non-hydrogen) atoms. The molecule has 1 atom stereocenters. The van der Waals surface area contributed by atoms with Gasteiger partial charge in [0.1, 0.15) is 4.83 Å². The summed E-state index contributed by atoms with van der Waals surface area (Å²) in [7, 11) is 0. The number of nitro benzene ring substituents is 1.